The molecule has 114 valence electrons. The summed E-state index contributed by atoms with van der Waals surface area (Å²) >= 11 is 1.50. The first kappa shape index (κ1) is 15.1. The van der Waals surface area contributed by atoms with E-state index in [9.17, 15) is 10.1 Å². The van der Waals surface area contributed by atoms with Crippen LogP contribution in [-0.2, 0) is 0 Å². The first-order valence-corrected chi connectivity index (χ1v) is 8.05. The van der Waals surface area contributed by atoms with E-state index < -0.39 is 0 Å². The van der Waals surface area contributed by atoms with Crippen molar-refractivity contribution >= 4 is 11.3 Å². The Morgan fingerprint density at radius 2 is 2.04 bits per heavy atom. The second-order valence-electron chi connectivity index (χ2n) is 4.85. The van der Waals surface area contributed by atoms with Gasteiger partial charge in [-0.05, 0) is 54.3 Å². The number of thiophene rings is 1. The Hall–Kier alpha value is -2.84. The monoisotopic (exact) mass is 322 g/mol. The van der Waals surface area contributed by atoms with Crippen molar-refractivity contribution in [1.29, 1.82) is 5.26 Å². The van der Waals surface area contributed by atoms with Crippen molar-refractivity contribution < 1.29 is 4.74 Å². The van der Waals surface area contributed by atoms with Gasteiger partial charge in [0.25, 0.3) is 5.56 Å². The third kappa shape index (κ3) is 3.03. The molecule has 1 N–H and O–H groups in total. The van der Waals surface area contributed by atoms with E-state index in [1.165, 1.54) is 11.3 Å². The third-order valence-electron chi connectivity index (χ3n) is 3.41. The number of hydrogen-bond acceptors (Lipinski definition) is 4. The molecular formula is C18H14N2O2S. The van der Waals surface area contributed by atoms with Crippen LogP contribution in [0.2, 0.25) is 0 Å². The van der Waals surface area contributed by atoms with Crippen LogP contribution < -0.4 is 10.3 Å². The largest absolute Gasteiger partial charge is 0.494 e. The summed E-state index contributed by atoms with van der Waals surface area (Å²) in [6, 6.07) is 15.2. The van der Waals surface area contributed by atoms with E-state index in [-0.39, 0.29) is 11.1 Å². The smallest absolute Gasteiger partial charge is 0.267 e. The van der Waals surface area contributed by atoms with Gasteiger partial charge in [0, 0.05) is 16.1 Å². The minimum absolute atomic E-state index is 0.141. The number of nitrogens with one attached hydrogen (secondary N) is 1. The molecule has 0 aliphatic rings. The fourth-order valence-corrected chi connectivity index (χ4v) is 3.10. The van der Waals surface area contributed by atoms with Crippen LogP contribution in [0.4, 0.5) is 0 Å². The van der Waals surface area contributed by atoms with Crippen LogP contribution in [0.5, 0.6) is 5.75 Å². The van der Waals surface area contributed by atoms with Gasteiger partial charge in [0.1, 0.15) is 17.4 Å². The molecule has 0 amide bonds. The van der Waals surface area contributed by atoms with Gasteiger partial charge >= 0.3 is 0 Å². The molecule has 2 aromatic heterocycles. The number of ether oxygens (including phenoxy) is 1. The Morgan fingerprint density at radius 3 is 2.65 bits per heavy atom. The molecule has 3 rings (SSSR count). The predicted molar refractivity (Wildman–Crippen MR) is 91.7 cm³/mol. The Balaban J connectivity index is 2.11. The number of nitrogens with zero attached hydrogens (tertiary/aromatic N) is 1. The number of pyridine rings is 1. The highest BCUT2D eigenvalue weighted by Gasteiger charge is 2.13. The molecule has 0 fully saturated rings. The number of nitriles is 1. The van der Waals surface area contributed by atoms with Gasteiger partial charge in [-0.25, -0.2) is 0 Å². The second kappa shape index (κ2) is 6.51. The quantitative estimate of drug-likeness (QED) is 0.788. The van der Waals surface area contributed by atoms with E-state index >= 15 is 0 Å². The van der Waals surface area contributed by atoms with Gasteiger partial charge in [-0.3, -0.25) is 4.79 Å². The lowest BCUT2D eigenvalue weighted by Crippen LogP contribution is -2.12. The molecule has 23 heavy (non-hydrogen) atoms. The highest BCUT2D eigenvalue weighted by atomic mass is 32.1. The van der Waals surface area contributed by atoms with E-state index in [1.807, 2.05) is 60.8 Å². The van der Waals surface area contributed by atoms with Crippen LogP contribution in [0.15, 0.2) is 52.6 Å². The number of aromatic nitrogens is 1. The lowest BCUT2D eigenvalue weighted by atomic mass is 10.0. The number of hydrogen-bond donors (Lipinski definition) is 1. The molecule has 5 heteroatoms. The summed E-state index contributed by atoms with van der Waals surface area (Å²) in [6.07, 6.45) is 0. The van der Waals surface area contributed by atoms with E-state index in [0.717, 1.165) is 16.2 Å². The summed E-state index contributed by atoms with van der Waals surface area (Å²) < 4.78 is 5.43. The molecule has 0 unspecified atom stereocenters. The maximum Gasteiger partial charge on any atom is 0.267 e. The zero-order valence-corrected chi connectivity index (χ0v) is 13.3. The van der Waals surface area contributed by atoms with Gasteiger partial charge in [0.05, 0.1) is 6.61 Å². The highest BCUT2D eigenvalue weighted by Crippen LogP contribution is 2.29. The molecule has 0 aliphatic heterocycles. The molecule has 4 nitrogen and oxygen atoms in total. The Kier molecular flexibility index (Phi) is 4.26. The SMILES string of the molecule is CCOc1ccc(-c2cc(-c3cccs3)c(C#N)c(=O)[nH]2)cc1. The number of aromatic amines is 1. The van der Waals surface area contributed by atoms with Crippen molar-refractivity contribution in [2.45, 2.75) is 6.92 Å². The predicted octanol–water partition coefficient (Wildman–Crippen LogP) is 4.04. The molecule has 0 radical (unpaired) electrons. The van der Waals surface area contributed by atoms with Crippen LogP contribution in [0.25, 0.3) is 21.7 Å². The zero-order valence-electron chi connectivity index (χ0n) is 12.5. The molecular weight excluding hydrogens is 308 g/mol. The summed E-state index contributed by atoms with van der Waals surface area (Å²) in [6.45, 7) is 2.54. The topological polar surface area (TPSA) is 65.9 Å². The molecule has 0 bridgehead atoms. The summed E-state index contributed by atoms with van der Waals surface area (Å²) in [5.41, 5.74) is 1.98. The Bertz CT molecular complexity index is 904. The van der Waals surface area contributed by atoms with E-state index in [0.29, 0.717) is 17.9 Å². The third-order valence-corrected chi connectivity index (χ3v) is 4.31. The van der Waals surface area contributed by atoms with E-state index in [2.05, 4.69) is 4.98 Å². The second-order valence-corrected chi connectivity index (χ2v) is 5.80. The van der Waals surface area contributed by atoms with E-state index in [4.69, 9.17) is 4.74 Å². The highest BCUT2D eigenvalue weighted by molar-refractivity contribution is 7.13. The Labute approximate surface area is 137 Å². The average Bonchev–Trinajstić information content (AvgIpc) is 3.09. The molecule has 0 aliphatic carbocycles. The molecule has 3 aromatic rings. The van der Waals surface area contributed by atoms with Crippen LogP contribution in [0.1, 0.15) is 12.5 Å². The van der Waals surface area contributed by atoms with Gasteiger partial charge in [-0.1, -0.05) is 6.07 Å². The lowest BCUT2D eigenvalue weighted by molar-refractivity contribution is 0.340. The molecule has 1 aromatic carbocycles. The van der Waals surface area contributed by atoms with Crippen LogP contribution in [-0.4, -0.2) is 11.6 Å². The van der Waals surface area contributed by atoms with E-state index in [1.54, 1.807) is 0 Å². The lowest BCUT2D eigenvalue weighted by Gasteiger charge is -2.08. The first-order valence-electron chi connectivity index (χ1n) is 7.17. The summed E-state index contributed by atoms with van der Waals surface area (Å²) in [7, 11) is 0. The van der Waals surface area contributed by atoms with Gasteiger partial charge < -0.3 is 9.72 Å². The summed E-state index contributed by atoms with van der Waals surface area (Å²) in [5, 5.41) is 11.2. The summed E-state index contributed by atoms with van der Waals surface area (Å²) in [4.78, 5) is 15.9. The van der Waals surface area contributed by atoms with Crippen molar-refractivity contribution in [1.82, 2.24) is 4.98 Å². The summed E-state index contributed by atoms with van der Waals surface area (Å²) in [5.74, 6) is 0.783. The van der Waals surface area contributed by atoms with Gasteiger partial charge in [0.2, 0.25) is 0 Å². The van der Waals surface area contributed by atoms with Crippen molar-refractivity contribution in [2.24, 2.45) is 0 Å². The number of H-pyrrole nitrogens is 1. The molecule has 0 spiro atoms. The fourth-order valence-electron chi connectivity index (χ4n) is 2.35. The fraction of sp³-hybridized carbons (Fsp3) is 0.111. The number of rotatable bonds is 4. The van der Waals surface area contributed by atoms with Crippen molar-refractivity contribution in [3.05, 3.63) is 63.8 Å². The normalized spacial score (nSPS) is 10.3. The first-order chi connectivity index (χ1) is 11.2. The molecule has 0 saturated carbocycles. The van der Waals surface area contributed by atoms with Crippen LogP contribution in [0, 0.1) is 11.3 Å². The standard InChI is InChI=1S/C18H14N2O2S/c1-2-22-13-7-5-12(6-8-13)16-10-14(17-4-3-9-23-17)15(11-19)18(21)20-16/h3-10H,2H2,1H3,(H,20,21). The minimum atomic E-state index is -0.373. The van der Waals surface area contributed by atoms with Crippen molar-refractivity contribution in [3.63, 3.8) is 0 Å². The minimum Gasteiger partial charge on any atom is -0.494 e. The van der Waals surface area contributed by atoms with Gasteiger partial charge in [-0.15, -0.1) is 11.3 Å². The Morgan fingerprint density at radius 1 is 1.26 bits per heavy atom. The molecule has 0 atom stereocenters. The van der Waals surface area contributed by atoms with Crippen molar-refractivity contribution in [2.75, 3.05) is 6.61 Å². The van der Waals surface area contributed by atoms with Gasteiger partial charge in [0.15, 0.2) is 0 Å². The number of benzene rings is 1. The van der Waals surface area contributed by atoms with Crippen LogP contribution in [0.3, 0.4) is 0 Å². The van der Waals surface area contributed by atoms with Crippen molar-refractivity contribution in [3.8, 4) is 33.5 Å². The maximum absolute atomic E-state index is 12.2. The van der Waals surface area contributed by atoms with Gasteiger partial charge in [-0.2, -0.15) is 5.26 Å². The van der Waals surface area contributed by atoms with Crippen LogP contribution >= 0.6 is 11.3 Å². The average molecular weight is 322 g/mol. The molecule has 2 heterocycles. The molecule has 0 saturated heterocycles. The maximum atomic E-state index is 12.2. The zero-order chi connectivity index (χ0) is 16.2.